The average Bonchev–Trinajstić information content (AvgIpc) is 2.87. The molecule has 3 nitrogen and oxygen atoms in total. The molecule has 0 bridgehead atoms. The standard InChI is InChI=1S/C29H26Cl4N2O/c1-19(23-8-4-6-22-5-2-3-7-24(22)23)34-14-13-29(36)35(17-20-9-11-25(30)27(32)15-20)18-21-10-12-26(31)28(33)16-21/h2-12,15-16,19,34H,13-14,17-18H2,1H3/t19-/m1/s1. The van der Waals surface area contributed by atoms with Crippen LogP contribution in [0.25, 0.3) is 10.8 Å². The van der Waals surface area contributed by atoms with Crippen molar-refractivity contribution in [3.8, 4) is 0 Å². The van der Waals surface area contributed by atoms with Crippen molar-refractivity contribution >= 4 is 63.1 Å². The van der Waals surface area contributed by atoms with Gasteiger partial charge in [0, 0.05) is 32.1 Å². The van der Waals surface area contributed by atoms with Gasteiger partial charge in [0.2, 0.25) is 5.91 Å². The lowest BCUT2D eigenvalue weighted by Crippen LogP contribution is -2.33. The Morgan fingerprint density at radius 3 is 1.97 bits per heavy atom. The predicted octanol–water partition coefficient (Wildman–Crippen LogP) is 8.72. The van der Waals surface area contributed by atoms with Gasteiger partial charge in [0.1, 0.15) is 0 Å². The van der Waals surface area contributed by atoms with Crippen molar-refractivity contribution < 1.29 is 4.79 Å². The molecule has 4 aromatic rings. The SMILES string of the molecule is C[C@@H](NCCC(=O)N(Cc1ccc(Cl)c(Cl)c1)Cc1ccc(Cl)c(Cl)c1)c1cccc2ccccc12. The lowest BCUT2D eigenvalue weighted by Gasteiger charge is -2.24. The fourth-order valence-corrected chi connectivity index (χ4v) is 4.88. The summed E-state index contributed by atoms with van der Waals surface area (Å²) in [4.78, 5) is 15.1. The molecule has 1 N–H and O–H groups in total. The molecule has 0 radical (unpaired) electrons. The van der Waals surface area contributed by atoms with E-state index in [2.05, 4.69) is 42.6 Å². The topological polar surface area (TPSA) is 32.3 Å². The zero-order valence-corrected chi connectivity index (χ0v) is 22.8. The molecule has 0 heterocycles. The van der Waals surface area contributed by atoms with Gasteiger partial charge in [-0.3, -0.25) is 4.79 Å². The first-order valence-electron chi connectivity index (χ1n) is 11.7. The summed E-state index contributed by atoms with van der Waals surface area (Å²) in [5, 5.41) is 7.81. The monoisotopic (exact) mass is 558 g/mol. The minimum atomic E-state index is 0.0183. The van der Waals surface area contributed by atoms with Crippen molar-refractivity contribution in [2.45, 2.75) is 32.5 Å². The summed E-state index contributed by atoms with van der Waals surface area (Å²) < 4.78 is 0. The van der Waals surface area contributed by atoms with Crippen LogP contribution in [0.4, 0.5) is 0 Å². The minimum Gasteiger partial charge on any atom is -0.334 e. The van der Waals surface area contributed by atoms with Crippen molar-refractivity contribution in [3.63, 3.8) is 0 Å². The molecule has 0 saturated heterocycles. The van der Waals surface area contributed by atoms with Gasteiger partial charge in [-0.1, -0.05) is 101 Å². The van der Waals surface area contributed by atoms with Gasteiger partial charge in [0.15, 0.2) is 0 Å². The van der Waals surface area contributed by atoms with Crippen molar-refractivity contribution in [3.05, 3.63) is 116 Å². The van der Waals surface area contributed by atoms with E-state index in [0.717, 1.165) is 11.1 Å². The van der Waals surface area contributed by atoms with Crippen LogP contribution in [-0.2, 0) is 17.9 Å². The van der Waals surface area contributed by atoms with Gasteiger partial charge in [-0.25, -0.2) is 0 Å². The quantitative estimate of drug-likeness (QED) is 0.222. The van der Waals surface area contributed by atoms with Crippen molar-refractivity contribution in [1.82, 2.24) is 10.2 Å². The Hall–Kier alpha value is -2.27. The Morgan fingerprint density at radius 2 is 1.36 bits per heavy atom. The van der Waals surface area contributed by atoms with Crippen LogP contribution in [0.2, 0.25) is 20.1 Å². The smallest absolute Gasteiger partial charge is 0.224 e. The molecule has 0 aliphatic rings. The van der Waals surface area contributed by atoms with Crippen LogP contribution in [0, 0.1) is 0 Å². The third-order valence-corrected chi connectivity index (χ3v) is 7.62. The number of carbonyl (C=O) groups excluding carboxylic acids is 1. The fourth-order valence-electron chi connectivity index (χ4n) is 4.24. The third-order valence-electron chi connectivity index (χ3n) is 6.15. The maximum atomic E-state index is 13.4. The second-order valence-corrected chi connectivity index (χ2v) is 10.4. The third kappa shape index (κ3) is 6.73. The molecule has 0 aromatic heterocycles. The highest BCUT2D eigenvalue weighted by Gasteiger charge is 2.17. The number of hydrogen-bond acceptors (Lipinski definition) is 2. The first-order chi connectivity index (χ1) is 17.3. The summed E-state index contributed by atoms with van der Waals surface area (Å²) in [5.74, 6) is 0.0183. The average molecular weight is 560 g/mol. The summed E-state index contributed by atoms with van der Waals surface area (Å²) >= 11 is 24.6. The van der Waals surface area contributed by atoms with Gasteiger partial charge >= 0.3 is 0 Å². The molecule has 0 fully saturated rings. The minimum absolute atomic E-state index is 0.0183. The van der Waals surface area contributed by atoms with Crippen LogP contribution in [0.5, 0.6) is 0 Å². The van der Waals surface area contributed by atoms with Gasteiger partial charge in [0.25, 0.3) is 0 Å². The number of fused-ring (bicyclic) bond motifs is 1. The Bertz CT molecular complexity index is 1320. The molecule has 0 unspecified atom stereocenters. The molecule has 0 saturated carbocycles. The van der Waals surface area contributed by atoms with Gasteiger partial charge in [-0.05, 0) is 58.7 Å². The molecule has 0 spiro atoms. The summed E-state index contributed by atoms with van der Waals surface area (Å²) in [6.45, 7) is 3.46. The van der Waals surface area contributed by atoms with Crippen molar-refractivity contribution in [2.24, 2.45) is 0 Å². The molecular weight excluding hydrogens is 534 g/mol. The lowest BCUT2D eigenvalue weighted by atomic mass is 9.99. The van der Waals surface area contributed by atoms with Gasteiger partial charge in [-0.2, -0.15) is 0 Å². The van der Waals surface area contributed by atoms with E-state index in [4.69, 9.17) is 46.4 Å². The second kappa shape index (κ2) is 12.3. The normalized spacial score (nSPS) is 12.0. The number of nitrogens with one attached hydrogen (secondary N) is 1. The van der Waals surface area contributed by atoms with Crippen LogP contribution in [0.3, 0.4) is 0 Å². The first-order valence-corrected chi connectivity index (χ1v) is 13.2. The lowest BCUT2D eigenvalue weighted by molar-refractivity contribution is -0.132. The zero-order chi connectivity index (χ0) is 25.7. The number of nitrogens with zero attached hydrogens (tertiary/aromatic N) is 1. The van der Waals surface area contributed by atoms with Gasteiger partial charge in [-0.15, -0.1) is 0 Å². The summed E-state index contributed by atoms with van der Waals surface area (Å²) in [7, 11) is 0. The number of halogens is 4. The van der Waals surface area contributed by atoms with Crippen LogP contribution in [0.15, 0.2) is 78.9 Å². The van der Waals surface area contributed by atoms with Crippen molar-refractivity contribution in [2.75, 3.05) is 6.54 Å². The van der Waals surface area contributed by atoms with E-state index in [1.54, 1.807) is 29.2 Å². The summed E-state index contributed by atoms with van der Waals surface area (Å²) in [5.41, 5.74) is 3.01. The Labute approximate surface area is 231 Å². The molecule has 4 aromatic carbocycles. The molecular formula is C29H26Cl4N2O. The van der Waals surface area contributed by atoms with E-state index < -0.39 is 0 Å². The molecule has 0 aliphatic heterocycles. The van der Waals surface area contributed by atoms with E-state index in [9.17, 15) is 4.79 Å². The number of amides is 1. The number of carbonyl (C=O) groups is 1. The van der Waals surface area contributed by atoms with Crippen LogP contribution >= 0.6 is 46.4 Å². The molecule has 186 valence electrons. The second-order valence-electron chi connectivity index (χ2n) is 8.74. The van der Waals surface area contributed by atoms with Crippen LogP contribution in [0.1, 0.15) is 36.1 Å². The van der Waals surface area contributed by atoms with E-state index in [1.807, 2.05) is 24.3 Å². The molecule has 0 aliphatic carbocycles. The fraction of sp³-hybridized carbons (Fsp3) is 0.207. The van der Waals surface area contributed by atoms with Crippen molar-refractivity contribution in [1.29, 1.82) is 0 Å². The van der Waals surface area contributed by atoms with E-state index in [0.29, 0.717) is 46.1 Å². The van der Waals surface area contributed by atoms with E-state index in [-0.39, 0.29) is 11.9 Å². The predicted molar refractivity (Wildman–Crippen MR) is 152 cm³/mol. The number of rotatable bonds is 9. The number of hydrogen-bond donors (Lipinski definition) is 1. The Morgan fingerprint density at radius 1 is 0.778 bits per heavy atom. The summed E-state index contributed by atoms with van der Waals surface area (Å²) in [6.07, 6.45) is 0.345. The number of benzene rings is 4. The van der Waals surface area contributed by atoms with E-state index >= 15 is 0 Å². The zero-order valence-electron chi connectivity index (χ0n) is 19.8. The Kier molecular flexibility index (Phi) is 9.16. The van der Waals surface area contributed by atoms with Gasteiger partial charge < -0.3 is 10.2 Å². The highest BCUT2D eigenvalue weighted by atomic mass is 35.5. The maximum Gasteiger partial charge on any atom is 0.224 e. The maximum absolute atomic E-state index is 13.4. The molecule has 7 heteroatoms. The molecule has 4 rings (SSSR count). The Balaban J connectivity index is 1.45. The van der Waals surface area contributed by atoms with E-state index in [1.165, 1.54) is 16.3 Å². The molecule has 1 amide bonds. The molecule has 1 atom stereocenters. The first kappa shape index (κ1) is 26.8. The van der Waals surface area contributed by atoms with Crippen LogP contribution < -0.4 is 5.32 Å². The largest absolute Gasteiger partial charge is 0.334 e. The van der Waals surface area contributed by atoms with Gasteiger partial charge in [0.05, 0.1) is 20.1 Å². The highest BCUT2D eigenvalue weighted by molar-refractivity contribution is 6.42. The molecule has 36 heavy (non-hydrogen) atoms. The van der Waals surface area contributed by atoms with Crippen LogP contribution in [-0.4, -0.2) is 17.4 Å². The summed E-state index contributed by atoms with van der Waals surface area (Å²) in [6, 6.07) is 25.6. The highest BCUT2D eigenvalue weighted by Crippen LogP contribution is 2.27.